The molecule has 1 aromatic heterocycles. The Hall–Kier alpha value is -0.0600. The van der Waals surface area contributed by atoms with Gasteiger partial charge in [0, 0.05) is 22.2 Å². The molecule has 0 atom stereocenters. The average Bonchev–Trinajstić information content (AvgIpc) is 2.48. The Balaban J connectivity index is 2.99. The molecule has 0 spiro atoms. The summed E-state index contributed by atoms with van der Waals surface area (Å²) >= 11 is 2.40. The lowest BCUT2D eigenvalue weighted by Crippen LogP contribution is -2.06. The second kappa shape index (κ2) is 4.98. The maximum atomic E-state index is 4.41. The largest absolute Gasteiger partial charge is 0.269 e. The van der Waals surface area contributed by atoms with Crippen LogP contribution in [0.2, 0.25) is 0 Å². The topological polar surface area (TPSA) is 17.8 Å². The molecule has 3 heteroatoms. The Morgan fingerprint density at radius 2 is 2.23 bits per heavy atom. The van der Waals surface area contributed by atoms with Crippen molar-refractivity contribution in [2.45, 2.75) is 44.1 Å². The fourth-order valence-corrected chi connectivity index (χ4v) is 2.18. The van der Waals surface area contributed by atoms with Gasteiger partial charge < -0.3 is 0 Å². The molecule has 0 amide bonds. The molecule has 0 N–H and O–H groups in total. The summed E-state index contributed by atoms with van der Waals surface area (Å²) in [4.78, 5) is 0. The van der Waals surface area contributed by atoms with E-state index in [1.165, 1.54) is 11.3 Å². The van der Waals surface area contributed by atoms with Crippen molar-refractivity contribution in [2.24, 2.45) is 0 Å². The number of halogens is 1. The van der Waals surface area contributed by atoms with Gasteiger partial charge in [0.05, 0.1) is 6.20 Å². The van der Waals surface area contributed by atoms with E-state index >= 15 is 0 Å². The zero-order valence-corrected chi connectivity index (χ0v) is 10.7. The molecule has 0 fully saturated rings. The van der Waals surface area contributed by atoms with Crippen molar-refractivity contribution in [1.82, 2.24) is 9.78 Å². The number of hydrogen-bond acceptors (Lipinski definition) is 1. The van der Waals surface area contributed by atoms with Gasteiger partial charge in [-0.05, 0) is 12.3 Å². The van der Waals surface area contributed by atoms with Crippen LogP contribution in [0.1, 0.15) is 44.4 Å². The lowest BCUT2D eigenvalue weighted by Gasteiger charge is -2.10. The van der Waals surface area contributed by atoms with E-state index in [0.717, 1.165) is 17.4 Å². The van der Waals surface area contributed by atoms with Gasteiger partial charge in [-0.15, -0.1) is 0 Å². The first-order valence-corrected chi connectivity index (χ1v) is 6.33. The first kappa shape index (κ1) is 11.0. The molecule has 0 aromatic carbocycles. The molecule has 0 aliphatic heterocycles. The van der Waals surface area contributed by atoms with E-state index in [0.29, 0.717) is 5.92 Å². The van der Waals surface area contributed by atoms with Gasteiger partial charge in [-0.1, -0.05) is 43.4 Å². The SMILES string of the molecule is CCCn1ncc(CI)c1C(C)C. The van der Waals surface area contributed by atoms with Crippen LogP contribution in [0, 0.1) is 0 Å². The van der Waals surface area contributed by atoms with Gasteiger partial charge in [-0.3, -0.25) is 4.68 Å². The van der Waals surface area contributed by atoms with Crippen LogP contribution in [-0.2, 0) is 11.0 Å². The smallest absolute Gasteiger partial charge is 0.0532 e. The fourth-order valence-electron chi connectivity index (χ4n) is 1.60. The molecule has 1 rings (SSSR count). The van der Waals surface area contributed by atoms with Crippen molar-refractivity contribution in [3.8, 4) is 0 Å². The summed E-state index contributed by atoms with van der Waals surface area (Å²) in [6.07, 6.45) is 3.17. The second-order valence-corrected chi connectivity index (χ2v) is 4.33. The molecule has 0 radical (unpaired) electrons. The predicted octanol–water partition coefficient (Wildman–Crippen LogP) is 3.35. The van der Waals surface area contributed by atoms with Crippen LogP contribution in [0.3, 0.4) is 0 Å². The maximum Gasteiger partial charge on any atom is 0.0532 e. The van der Waals surface area contributed by atoms with Crippen LogP contribution < -0.4 is 0 Å². The molecule has 0 aliphatic carbocycles. The Bertz CT molecular complexity index is 266. The predicted molar refractivity (Wildman–Crippen MR) is 64.3 cm³/mol. The van der Waals surface area contributed by atoms with Crippen LogP contribution >= 0.6 is 22.6 Å². The molecule has 13 heavy (non-hydrogen) atoms. The van der Waals surface area contributed by atoms with Crippen molar-refractivity contribution in [1.29, 1.82) is 0 Å². The highest BCUT2D eigenvalue weighted by atomic mass is 127. The van der Waals surface area contributed by atoms with Gasteiger partial charge in [0.2, 0.25) is 0 Å². The van der Waals surface area contributed by atoms with Crippen LogP contribution in [0.15, 0.2) is 6.20 Å². The molecule has 74 valence electrons. The summed E-state index contributed by atoms with van der Waals surface area (Å²) in [6.45, 7) is 7.71. The van der Waals surface area contributed by atoms with Crippen molar-refractivity contribution in [3.05, 3.63) is 17.5 Å². The van der Waals surface area contributed by atoms with Gasteiger partial charge in [0.1, 0.15) is 0 Å². The molecule has 0 aliphatic rings. The van der Waals surface area contributed by atoms with Crippen molar-refractivity contribution >= 4 is 22.6 Å². The van der Waals surface area contributed by atoms with E-state index in [1.807, 2.05) is 6.20 Å². The third-order valence-corrected chi connectivity index (χ3v) is 2.91. The molecule has 0 saturated carbocycles. The minimum absolute atomic E-state index is 0.582. The van der Waals surface area contributed by atoms with Gasteiger partial charge in [-0.2, -0.15) is 5.10 Å². The minimum Gasteiger partial charge on any atom is -0.269 e. The normalized spacial score (nSPS) is 11.2. The quantitative estimate of drug-likeness (QED) is 0.614. The summed E-state index contributed by atoms with van der Waals surface area (Å²) in [5.74, 6) is 0.582. The highest BCUT2D eigenvalue weighted by molar-refractivity contribution is 14.1. The van der Waals surface area contributed by atoms with Gasteiger partial charge in [0.15, 0.2) is 0 Å². The minimum atomic E-state index is 0.582. The van der Waals surface area contributed by atoms with E-state index in [2.05, 4.69) is 53.1 Å². The van der Waals surface area contributed by atoms with Crippen LogP contribution in [0.5, 0.6) is 0 Å². The number of aromatic nitrogens is 2. The molecule has 2 nitrogen and oxygen atoms in total. The molecule has 0 unspecified atom stereocenters. The summed E-state index contributed by atoms with van der Waals surface area (Å²) in [5, 5.41) is 4.41. The second-order valence-electron chi connectivity index (χ2n) is 3.57. The highest BCUT2D eigenvalue weighted by Gasteiger charge is 2.12. The van der Waals surface area contributed by atoms with Crippen molar-refractivity contribution < 1.29 is 0 Å². The first-order valence-electron chi connectivity index (χ1n) is 4.81. The highest BCUT2D eigenvalue weighted by Crippen LogP contribution is 2.21. The molecule has 0 saturated heterocycles. The number of alkyl halides is 1. The van der Waals surface area contributed by atoms with Crippen LogP contribution in [-0.4, -0.2) is 9.78 Å². The van der Waals surface area contributed by atoms with E-state index in [4.69, 9.17) is 0 Å². The van der Waals surface area contributed by atoms with Gasteiger partial charge >= 0.3 is 0 Å². The summed E-state index contributed by atoms with van der Waals surface area (Å²) in [5.41, 5.74) is 2.81. The number of nitrogens with zero attached hydrogens (tertiary/aromatic N) is 2. The molecular formula is C10H17IN2. The van der Waals surface area contributed by atoms with E-state index in [-0.39, 0.29) is 0 Å². The van der Waals surface area contributed by atoms with Crippen LogP contribution in [0.4, 0.5) is 0 Å². The van der Waals surface area contributed by atoms with E-state index < -0.39 is 0 Å². The number of hydrogen-bond donors (Lipinski definition) is 0. The van der Waals surface area contributed by atoms with E-state index in [9.17, 15) is 0 Å². The third kappa shape index (κ3) is 2.45. The number of rotatable bonds is 4. The van der Waals surface area contributed by atoms with E-state index in [1.54, 1.807) is 0 Å². The summed E-state index contributed by atoms with van der Waals surface area (Å²) in [6, 6.07) is 0. The lowest BCUT2D eigenvalue weighted by molar-refractivity contribution is 0.556. The zero-order valence-electron chi connectivity index (χ0n) is 8.55. The van der Waals surface area contributed by atoms with Gasteiger partial charge in [0.25, 0.3) is 0 Å². The van der Waals surface area contributed by atoms with Crippen LogP contribution in [0.25, 0.3) is 0 Å². The summed E-state index contributed by atoms with van der Waals surface area (Å²) < 4.78 is 3.22. The first-order chi connectivity index (χ1) is 6.20. The van der Waals surface area contributed by atoms with Gasteiger partial charge in [-0.25, -0.2) is 0 Å². The molecule has 0 bridgehead atoms. The Morgan fingerprint density at radius 3 is 2.69 bits per heavy atom. The standard InChI is InChI=1S/C10H17IN2/c1-4-5-13-10(8(2)3)9(6-11)7-12-13/h7-8H,4-6H2,1-3H3. The monoisotopic (exact) mass is 292 g/mol. The Morgan fingerprint density at radius 1 is 1.54 bits per heavy atom. The molecule has 1 aromatic rings. The molecular weight excluding hydrogens is 275 g/mol. The zero-order chi connectivity index (χ0) is 9.84. The Labute approximate surface area is 93.9 Å². The maximum absolute atomic E-state index is 4.41. The third-order valence-electron chi connectivity index (χ3n) is 2.09. The van der Waals surface area contributed by atoms with Crippen molar-refractivity contribution in [2.75, 3.05) is 0 Å². The van der Waals surface area contributed by atoms with Crippen molar-refractivity contribution in [3.63, 3.8) is 0 Å². The number of aryl methyl sites for hydroxylation is 1. The Kier molecular flexibility index (Phi) is 4.22. The lowest BCUT2D eigenvalue weighted by atomic mass is 10.1. The molecule has 1 heterocycles. The average molecular weight is 292 g/mol. The summed E-state index contributed by atoms with van der Waals surface area (Å²) in [7, 11) is 0. The fraction of sp³-hybridized carbons (Fsp3) is 0.700.